The topological polar surface area (TPSA) is 62.1 Å². The Morgan fingerprint density at radius 1 is 1.03 bits per heavy atom. The molecule has 6 rings (SSSR count). The predicted molar refractivity (Wildman–Crippen MR) is 132 cm³/mol. The molecule has 0 radical (unpaired) electrons. The van der Waals surface area contributed by atoms with Crippen molar-refractivity contribution in [3.63, 3.8) is 0 Å². The average Bonchev–Trinajstić information content (AvgIpc) is 3.50. The molecule has 11 heteroatoms. The Labute approximate surface area is 212 Å². The molecule has 3 aliphatic heterocycles. The smallest absolute Gasteiger partial charge is 0.369 e. The number of imidazole rings is 1. The highest BCUT2D eigenvalue weighted by atomic mass is 19.4. The van der Waals surface area contributed by atoms with Gasteiger partial charge in [-0.3, -0.25) is 0 Å². The van der Waals surface area contributed by atoms with Crippen molar-refractivity contribution in [2.45, 2.75) is 44.3 Å². The number of nitrogens with one attached hydrogen (secondary N) is 1. The van der Waals surface area contributed by atoms with Gasteiger partial charge in [0.25, 0.3) is 0 Å². The summed E-state index contributed by atoms with van der Waals surface area (Å²) in [4.78, 5) is 18.4. The third kappa shape index (κ3) is 4.76. The van der Waals surface area contributed by atoms with Crippen LogP contribution >= 0.6 is 0 Å². The van der Waals surface area contributed by atoms with E-state index >= 15 is 0 Å². The molecule has 3 aromatic rings. The van der Waals surface area contributed by atoms with Crippen molar-refractivity contribution in [1.82, 2.24) is 24.4 Å². The molecule has 1 aromatic carbocycles. The molecule has 3 aliphatic rings. The van der Waals surface area contributed by atoms with Crippen LogP contribution < -0.4 is 10.2 Å². The molecule has 0 unspecified atom stereocenters. The number of piperidine rings is 1. The Balaban J connectivity index is 1.25. The summed E-state index contributed by atoms with van der Waals surface area (Å²) in [5.74, 6) is 1.70. The molecule has 196 valence electrons. The number of aromatic nitrogens is 4. The highest BCUT2D eigenvalue weighted by Crippen LogP contribution is 2.37. The Kier molecular flexibility index (Phi) is 6.26. The molecule has 0 bridgehead atoms. The molecule has 2 saturated heterocycles. The van der Waals surface area contributed by atoms with Crippen LogP contribution in [0.1, 0.15) is 42.1 Å². The fourth-order valence-corrected chi connectivity index (χ4v) is 5.54. The first-order valence-corrected chi connectivity index (χ1v) is 12.9. The summed E-state index contributed by atoms with van der Waals surface area (Å²) in [6.07, 6.45) is 2.51. The van der Waals surface area contributed by atoms with Gasteiger partial charge in [-0.25, -0.2) is 19.3 Å². The molecular weight excluding hydrogens is 486 g/mol. The first-order chi connectivity index (χ1) is 17.9. The quantitative estimate of drug-likeness (QED) is 0.486. The van der Waals surface area contributed by atoms with Crippen LogP contribution in [-0.4, -0.2) is 63.7 Å². The summed E-state index contributed by atoms with van der Waals surface area (Å²) >= 11 is 0. The van der Waals surface area contributed by atoms with Gasteiger partial charge in [0.2, 0.25) is 0 Å². The molecule has 0 spiro atoms. The monoisotopic (exact) mass is 515 g/mol. The summed E-state index contributed by atoms with van der Waals surface area (Å²) in [6, 6.07) is 3.13. The van der Waals surface area contributed by atoms with Crippen molar-refractivity contribution >= 4 is 11.6 Å². The number of hydrogen-bond acceptors (Lipinski definition) is 6. The van der Waals surface area contributed by atoms with Gasteiger partial charge in [-0.15, -0.1) is 0 Å². The van der Waals surface area contributed by atoms with Gasteiger partial charge in [0.15, 0.2) is 0 Å². The molecule has 0 amide bonds. The van der Waals surface area contributed by atoms with E-state index < -0.39 is 17.6 Å². The van der Waals surface area contributed by atoms with Gasteiger partial charge in [0.1, 0.15) is 29.6 Å². The minimum absolute atomic E-state index is 0.178. The molecule has 0 aliphatic carbocycles. The minimum atomic E-state index is -4.76. The van der Waals surface area contributed by atoms with Crippen molar-refractivity contribution in [2.24, 2.45) is 0 Å². The first kappa shape index (κ1) is 24.1. The number of likely N-dealkylation sites (tertiary alicyclic amines) is 1. The summed E-state index contributed by atoms with van der Waals surface area (Å²) in [5.41, 5.74) is 0.628. The van der Waals surface area contributed by atoms with Crippen molar-refractivity contribution in [1.29, 1.82) is 0 Å². The van der Waals surface area contributed by atoms with E-state index in [1.807, 2.05) is 6.20 Å². The summed E-state index contributed by atoms with van der Waals surface area (Å²) in [6.45, 7) is 6.24. The van der Waals surface area contributed by atoms with Crippen LogP contribution in [0.4, 0.5) is 29.2 Å². The largest absolute Gasteiger partial charge is 0.419 e. The third-order valence-corrected chi connectivity index (χ3v) is 7.73. The lowest BCUT2D eigenvalue weighted by atomic mass is 9.95. The Bertz CT molecular complexity index is 1280. The zero-order chi connectivity index (χ0) is 25.6. The maximum absolute atomic E-state index is 13.9. The molecule has 7 nitrogen and oxygen atoms in total. The Hall–Kier alpha value is -3.21. The molecular formula is C26H29F4N7. The van der Waals surface area contributed by atoms with Gasteiger partial charge in [-0.2, -0.15) is 13.2 Å². The van der Waals surface area contributed by atoms with Crippen LogP contribution in [0, 0.1) is 5.82 Å². The number of halogens is 4. The van der Waals surface area contributed by atoms with E-state index in [9.17, 15) is 17.6 Å². The standard InChI is InChI=1S/C26H29F4N7/c27-21-3-2-18(14-20(21)26(28,29)30)22-15-37(13-12-35-8-1-9-35)24(34-22)17-5-10-36(11-6-17)25-19-4-7-31-23(19)32-16-33-25/h2-3,14-17H,1,4-13H2,(H,31,32,33). The molecule has 37 heavy (non-hydrogen) atoms. The molecule has 2 fully saturated rings. The zero-order valence-corrected chi connectivity index (χ0v) is 20.4. The number of rotatable bonds is 6. The fraction of sp³-hybridized carbons (Fsp3) is 0.500. The normalized spacial score (nSPS) is 18.5. The number of nitrogens with zero attached hydrogens (tertiary/aromatic N) is 6. The van der Waals surface area contributed by atoms with E-state index in [1.165, 1.54) is 12.5 Å². The SMILES string of the molecule is Fc1ccc(-c2cn(CCN3CCC3)c(C3CCN(c4ncnc5c4CCN5)CC3)n2)cc1C(F)(F)F. The lowest BCUT2D eigenvalue weighted by molar-refractivity contribution is -0.139. The van der Waals surface area contributed by atoms with Gasteiger partial charge in [-0.05, 0) is 57.0 Å². The van der Waals surface area contributed by atoms with Crippen molar-refractivity contribution in [2.75, 3.05) is 49.5 Å². The molecule has 2 aromatic heterocycles. The van der Waals surface area contributed by atoms with E-state index in [4.69, 9.17) is 4.98 Å². The van der Waals surface area contributed by atoms with E-state index in [-0.39, 0.29) is 11.5 Å². The number of fused-ring (bicyclic) bond motifs is 1. The molecule has 5 heterocycles. The highest BCUT2D eigenvalue weighted by Gasteiger charge is 2.35. The second-order valence-corrected chi connectivity index (χ2v) is 10.0. The predicted octanol–water partition coefficient (Wildman–Crippen LogP) is 4.56. The average molecular weight is 516 g/mol. The Morgan fingerprint density at radius 3 is 2.57 bits per heavy atom. The maximum atomic E-state index is 13.9. The van der Waals surface area contributed by atoms with Gasteiger partial charge in [-0.1, -0.05) is 0 Å². The lowest BCUT2D eigenvalue weighted by Gasteiger charge is -2.34. The number of hydrogen-bond donors (Lipinski definition) is 1. The minimum Gasteiger partial charge on any atom is -0.369 e. The highest BCUT2D eigenvalue weighted by molar-refractivity contribution is 5.62. The van der Waals surface area contributed by atoms with Crippen LogP contribution in [0.15, 0.2) is 30.7 Å². The zero-order valence-electron chi connectivity index (χ0n) is 20.4. The fourth-order valence-electron chi connectivity index (χ4n) is 5.54. The number of anilines is 2. The Morgan fingerprint density at radius 2 is 1.84 bits per heavy atom. The van der Waals surface area contributed by atoms with E-state index in [0.717, 1.165) is 100 Å². The van der Waals surface area contributed by atoms with Crippen molar-refractivity contribution in [3.05, 3.63) is 53.5 Å². The molecule has 0 saturated carbocycles. The van der Waals surface area contributed by atoms with E-state index in [1.54, 1.807) is 6.33 Å². The van der Waals surface area contributed by atoms with Crippen molar-refractivity contribution in [3.8, 4) is 11.3 Å². The van der Waals surface area contributed by atoms with Crippen LogP contribution in [0.5, 0.6) is 0 Å². The number of alkyl halides is 3. The lowest BCUT2D eigenvalue weighted by Crippen LogP contribution is -2.39. The van der Waals surface area contributed by atoms with Crippen molar-refractivity contribution < 1.29 is 17.6 Å². The second kappa shape index (κ2) is 9.59. The maximum Gasteiger partial charge on any atom is 0.419 e. The van der Waals surface area contributed by atoms with E-state index in [0.29, 0.717) is 5.69 Å². The molecule has 0 atom stereocenters. The summed E-state index contributed by atoms with van der Waals surface area (Å²) in [5, 5.41) is 3.30. The van der Waals surface area contributed by atoms with Crippen LogP contribution in [0.3, 0.4) is 0 Å². The van der Waals surface area contributed by atoms with Gasteiger partial charge in [0.05, 0.1) is 11.3 Å². The van der Waals surface area contributed by atoms with Gasteiger partial charge in [0, 0.05) is 56.0 Å². The number of benzene rings is 1. The summed E-state index contributed by atoms with van der Waals surface area (Å²) < 4.78 is 56.0. The van der Waals surface area contributed by atoms with Crippen LogP contribution in [0.2, 0.25) is 0 Å². The second-order valence-electron chi connectivity index (χ2n) is 10.0. The van der Waals surface area contributed by atoms with E-state index in [2.05, 4.69) is 29.7 Å². The molecule has 1 N–H and O–H groups in total. The van der Waals surface area contributed by atoms with Crippen LogP contribution in [-0.2, 0) is 19.1 Å². The van der Waals surface area contributed by atoms with Gasteiger partial charge >= 0.3 is 6.18 Å². The first-order valence-electron chi connectivity index (χ1n) is 12.9. The summed E-state index contributed by atoms with van der Waals surface area (Å²) in [7, 11) is 0. The van der Waals surface area contributed by atoms with Gasteiger partial charge < -0.3 is 19.7 Å². The van der Waals surface area contributed by atoms with Crippen LogP contribution in [0.25, 0.3) is 11.3 Å². The third-order valence-electron chi connectivity index (χ3n) is 7.73.